The normalized spacial score (nSPS) is 11.4. The summed E-state index contributed by atoms with van der Waals surface area (Å²) >= 11 is 0. The topological polar surface area (TPSA) is 4.93 Å². The molecule has 0 saturated carbocycles. The van der Waals surface area contributed by atoms with Gasteiger partial charge >= 0.3 is 0 Å². The minimum atomic E-state index is -0.163. The number of para-hydroxylation sites is 1. The number of nitrogens with zero attached hydrogens (tertiary/aromatic N) is 1. The maximum atomic E-state index is 14.1. The first kappa shape index (κ1) is 13.1. The van der Waals surface area contributed by atoms with Gasteiger partial charge in [0.15, 0.2) is 0 Å². The second-order valence-corrected chi connectivity index (χ2v) is 5.81. The third kappa shape index (κ3) is 1.84. The molecule has 0 atom stereocenters. The lowest BCUT2D eigenvalue weighted by Gasteiger charge is -2.07. The van der Waals surface area contributed by atoms with Crippen molar-refractivity contribution in [3.05, 3.63) is 77.6 Å². The highest BCUT2D eigenvalue weighted by Crippen LogP contribution is 2.33. The highest BCUT2D eigenvalue weighted by Gasteiger charge is 2.14. The largest absolute Gasteiger partial charge is 0.309 e. The molecule has 1 nitrogen and oxygen atoms in total. The summed E-state index contributed by atoms with van der Waals surface area (Å²) in [7, 11) is 0. The minimum absolute atomic E-state index is 0.163. The molecular formula is C20H16FN. The second kappa shape index (κ2) is 4.70. The van der Waals surface area contributed by atoms with E-state index >= 15 is 0 Å². The zero-order valence-electron chi connectivity index (χ0n) is 12.6. The van der Waals surface area contributed by atoms with Crippen LogP contribution in [-0.4, -0.2) is 4.57 Å². The van der Waals surface area contributed by atoms with Gasteiger partial charge in [-0.05, 0) is 55.8 Å². The summed E-state index contributed by atoms with van der Waals surface area (Å²) in [6.45, 7) is 3.90. The monoisotopic (exact) mass is 289 g/mol. The lowest BCUT2D eigenvalue weighted by atomic mass is 10.1. The van der Waals surface area contributed by atoms with Crippen molar-refractivity contribution in [3.8, 4) is 5.69 Å². The maximum absolute atomic E-state index is 14.1. The first-order chi connectivity index (χ1) is 10.6. The molecule has 3 aromatic carbocycles. The van der Waals surface area contributed by atoms with Gasteiger partial charge < -0.3 is 4.57 Å². The number of fused-ring (bicyclic) bond motifs is 3. The SMILES string of the molecule is Cc1ccc2c(c1)c1cc(C)c(F)cc1n2-c1ccccc1. The molecule has 22 heavy (non-hydrogen) atoms. The van der Waals surface area contributed by atoms with Gasteiger partial charge in [-0.3, -0.25) is 0 Å². The van der Waals surface area contributed by atoms with Gasteiger partial charge in [0.2, 0.25) is 0 Å². The molecule has 2 heteroatoms. The summed E-state index contributed by atoms with van der Waals surface area (Å²) in [5.41, 5.74) is 4.96. The Morgan fingerprint density at radius 1 is 0.773 bits per heavy atom. The van der Waals surface area contributed by atoms with E-state index in [-0.39, 0.29) is 5.82 Å². The Morgan fingerprint density at radius 3 is 2.27 bits per heavy atom. The van der Waals surface area contributed by atoms with E-state index < -0.39 is 0 Å². The molecule has 0 aliphatic carbocycles. The lowest BCUT2D eigenvalue weighted by molar-refractivity contribution is 0.620. The minimum Gasteiger partial charge on any atom is -0.309 e. The van der Waals surface area contributed by atoms with Gasteiger partial charge in [-0.25, -0.2) is 4.39 Å². The molecule has 0 aliphatic rings. The highest BCUT2D eigenvalue weighted by atomic mass is 19.1. The van der Waals surface area contributed by atoms with Crippen LogP contribution in [0.2, 0.25) is 0 Å². The van der Waals surface area contributed by atoms with Crippen LogP contribution in [0.15, 0.2) is 60.7 Å². The van der Waals surface area contributed by atoms with Crippen LogP contribution in [0.25, 0.3) is 27.5 Å². The molecule has 1 aromatic heterocycles. The number of rotatable bonds is 1. The third-order valence-electron chi connectivity index (χ3n) is 4.22. The molecule has 0 bridgehead atoms. The Kier molecular flexibility index (Phi) is 2.80. The van der Waals surface area contributed by atoms with E-state index in [9.17, 15) is 4.39 Å². The van der Waals surface area contributed by atoms with Crippen LogP contribution in [0.5, 0.6) is 0 Å². The highest BCUT2D eigenvalue weighted by molar-refractivity contribution is 6.09. The Labute approximate surface area is 128 Å². The molecule has 4 aromatic rings. The fourth-order valence-corrected chi connectivity index (χ4v) is 3.12. The van der Waals surface area contributed by atoms with Crippen molar-refractivity contribution >= 4 is 21.8 Å². The Hall–Kier alpha value is -2.61. The number of hydrogen-bond acceptors (Lipinski definition) is 0. The zero-order chi connectivity index (χ0) is 15.3. The summed E-state index contributed by atoms with van der Waals surface area (Å²) in [6, 6.07) is 20.1. The van der Waals surface area contributed by atoms with Gasteiger partial charge in [0, 0.05) is 16.5 Å². The van der Waals surface area contributed by atoms with Gasteiger partial charge in [0.05, 0.1) is 11.0 Å². The van der Waals surface area contributed by atoms with Crippen LogP contribution in [0.3, 0.4) is 0 Å². The van der Waals surface area contributed by atoms with Crippen molar-refractivity contribution < 1.29 is 4.39 Å². The molecular weight excluding hydrogens is 273 g/mol. The number of benzene rings is 3. The number of halogens is 1. The molecule has 4 rings (SSSR count). The molecule has 0 spiro atoms. The van der Waals surface area contributed by atoms with Crippen molar-refractivity contribution in [2.45, 2.75) is 13.8 Å². The second-order valence-electron chi connectivity index (χ2n) is 5.81. The van der Waals surface area contributed by atoms with E-state index in [2.05, 4.69) is 41.8 Å². The molecule has 0 N–H and O–H groups in total. The van der Waals surface area contributed by atoms with Crippen LogP contribution < -0.4 is 0 Å². The maximum Gasteiger partial charge on any atom is 0.128 e. The van der Waals surface area contributed by atoms with E-state index in [0.717, 1.165) is 22.1 Å². The van der Waals surface area contributed by atoms with Gasteiger partial charge in [-0.2, -0.15) is 0 Å². The average molecular weight is 289 g/mol. The molecule has 108 valence electrons. The quantitative estimate of drug-likeness (QED) is 0.433. The van der Waals surface area contributed by atoms with Crippen molar-refractivity contribution in [1.82, 2.24) is 4.57 Å². The molecule has 0 amide bonds. The summed E-state index contributed by atoms with van der Waals surface area (Å²) in [5.74, 6) is -0.163. The molecule has 1 heterocycles. The Bertz CT molecular complexity index is 997. The van der Waals surface area contributed by atoms with Gasteiger partial charge in [0.1, 0.15) is 5.82 Å². The first-order valence-electron chi connectivity index (χ1n) is 7.41. The summed E-state index contributed by atoms with van der Waals surface area (Å²) in [4.78, 5) is 0. The standard InChI is InChI=1S/C20H16FN/c1-13-8-9-19-16(10-13)17-11-14(2)18(21)12-20(17)22(19)15-6-4-3-5-7-15/h3-12H,1-2H3. The van der Waals surface area contributed by atoms with Crippen molar-refractivity contribution in [2.75, 3.05) is 0 Å². The number of aromatic nitrogens is 1. The zero-order valence-corrected chi connectivity index (χ0v) is 12.6. The van der Waals surface area contributed by atoms with Gasteiger partial charge in [-0.15, -0.1) is 0 Å². The fraction of sp³-hybridized carbons (Fsp3) is 0.100. The summed E-state index contributed by atoms with van der Waals surface area (Å²) in [6.07, 6.45) is 0. The van der Waals surface area contributed by atoms with Crippen LogP contribution in [0, 0.1) is 19.7 Å². The van der Waals surface area contributed by atoms with Gasteiger partial charge in [0.25, 0.3) is 0 Å². The van der Waals surface area contributed by atoms with E-state index in [4.69, 9.17) is 0 Å². The average Bonchev–Trinajstić information content (AvgIpc) is 2.82. The number of aryl methyl sites for hydroxylation is 2. The molecule has 0 aliphatic heterocycles. The predicted octanol–water partition coefficient (Wildman–Crippen LogP) is 5.54. The lowest BCUT2D eigenvalue weighted by Crippen LogP contribution is -1.94. The van der Waals surface area contributed by atoms with E-state index in [1.54, 1.807) is 6.07 Å². The van der Waals surface area contributed by atoms with Crippen molar-refractivity contribution in [3.63, 3.8) is 0 Å². The van der Waals surface area contributed by atoms with E-state index in [1.165, 1.54) is 10.9 Å². The molecule has 0 fully saturated rings. The Morgan fingerprint density at radius 2 is 1.50 bits per heavy atom. The molecule has 0 saturated heterocycles. The Balaban J connectivity index is 2.24. The summed E-state index contributed by atoms with van der Waals surface area (Å²) < 4.78 is 16.3. The fourth-order valence-electron chi connectivity index (χ4n) is 3.12. The first-order valence-corrected chi connectivity index (χ1v) is 7.41. The van der Waals surface area contributed by atoms with Crippen molar-refractivity contribution in [1.29, 1.82) is 0 Å². The third-order valence-corrected chi connectivity index (χ3v) is 4.22. The smallest absolute Gasteiger partial charge is 0.128 e. The van der Waals surface area contributed by atoms with Crippen LogP contribution >= 0.6 is 0 Å². The van der Waals surface area contributed by atoms with Crippen molar-refractivity contribution in [2.24, 2.45) is 0 Å². The number of hydrogen-bond donors (Lipinski definition) is 0. The summed E-state index contributed by atoms with van der Waals surface area (Å²) in [5, 5.41) is 2.27. The van der Waals surface area contributed by atoms with Crippen LogP contribution in [0.4, 0.5) is 4.39 Å². The molecule has 0 radical (unpaired) electrons. The van der Waals surface area contributed by atoms with Crippen LogP contribution in [-0.2, 0) is 0 Å². The van der Waals surface area contributed by atoms with E-state index in [1.807, 2.05) is 31.2 Å². The van der Waals surface area contributed by atoms with Crippen LogP contribution in [0.1, 0.15) is 11.1 Å². The predicted molar refractivity (Wildman–Crippen MR) is 90.2 cm³/mol. The van der Waals surface area contributed by atoms with E-state index in [0.29, 0.717) is 5.56 Å². The van der Waals surface area contributed by atoms with Gasteiger partial charge in [-0.1, -0.05) is 29.8 Å². The molecule has 0 unspecified atom stereocenters.